The zero-order valence-corrected chi connectivity index (χ0v) is 16.4. The molecule has 2 aromatic rings. The molecule has 0 spiro atoms. The fraction of sp³-hybridized carbons (Fsp3) is 0.455. The fourth-order valence-electron chi connectivity index (χ4n) is 3.20. The summed E-state index contributed by atoms with van der Waals surface area (Å²) in [6.07, 6.45) is 1.80. The third kappa shape index (κ3) is 5.62. The van der Waals surface area contributed by atoms with Crippen LogP contribution in [-0.2, 0) is 6.54 Å². The van der Waals surface area contributed by atoms with Crippen molar-refractivity contribution in [3.05, 3.63) is 53.6 Å². The van der Waals surface area contributed by atoms with Crippen LogP contribution in [0.2, 0.25) is 0 Å². The number of rotatable bonds is 10. The van der Waals surface area contributed by atoms with E-state index in [1.807, 2.05) is 49.4 Å². The van der Waals surface area contributed by atoms with E-state index in [1.54, 1.807) is 14.2 Å². The molecule has 5 nitrogen and oxygen atoms in total. The van der Waals surface area contributed by atoms with E-state index in [0.717, 1.165) is 34.9 Å². The van der Waals surface area contributed by atoms with Crippen molar-refractivity contribution in [3.8, 4) is 17.2 Å². The van der Waals surface area contributed by atoms with Crippen LogP contribution in [0, 0.1) is 6.92 Å². The lowest BCUT2D eigenvalue weighted by Crippen LogP contribution is -2.36. The van der Waals surface area contributed by atoms with E-state index >= 15 is 0 Å². The van der Waals surface area contributed by atoms with Crippen molar-refractivity contribution in [2.75, 3.05) is 27.4 Å². The number of aryl methyl sites for hydroxylation is 1. The quantitative estimate of drug-likeness (QED) is 0.694. The Hall–Kier alpha value is -2.24. The third-order valence-electron chi connectivity index (χ3n) is 4.83. The van der Waals surface area contributed by atoms with Crippen LogP contribution in [0.3, 0.4) is 0 Å². The van der Waals surface area contributed by atoms with Crippen LogP contribution >= 0.6 is 0 Å². The number of hydrogen-bond donors (Lipinski definition) is 1. The zero-order chi connectivity index (χ0) is 19.2. The average molecular weight is 371 g/mol. The molecule has 0 bridgehead atoms. The molecule has 1 aliphatic carbocycles. The molecule has 0 radical (unpaired) electrons. The minimum absolute atomic E-state index is 0.287. The molecule has 0 unspecified atom stereocenters. The van der Waals surface area contributed by atoms with Crippen molar-refractivity contribution >= 4 is 0 Å². The SMILES string of the molecule is COc1cc(CN(C[C@@H](O)COc2ccccc2C)C2CC2)cc(OC)c1. The van der Waals surface area contributed by atoms with Gasteiger partial charge in [-0.05, 0) is 49.1 Å². The normalized spacial score (nSPS) is 14.9. The molecule has 0 saturated heterocycles. The van der Waals surface area contributed by atoms with Crippen LogP contribution in [0.25, 0.3) is 0 Å². The highest BCUT2D eigenvalue weighted by Gasteiger charge is 2.30. The summed E-state index contributed by atoms with van der Waals surface area (Å²) in [4.78, 5) is 2.32. The first-order valence-corrected chi connectivity index (χ1v) is 9.41. The lowest BCUT2D eigenvalue weighted by Gasteiger charge is -2.25. The number of benzene rings is 2. The smallest absolute Gasteiger partial charge is 0.122 e. The Morgan fingerprint density at radius 2 is 1.74 bits per heavy atom. The Morgan fingerprint density at radius 3 is 2.33 bits per heavy atom. The van der Waals surface area contributed by atoms with Gasteiger partial charge in [-0.3, -0.25) is 4.90 Å². The Labute approximate surface area is 161 Å². The van der Waals surface area contributed by atoms with E-state index in [4.69, 9.17) is 14.2 Å². The maximum absolute atomic E-state index is 10.5. The van der Waals surface area contributed by atoms with E-state index in [0.29, 0.717) is 12.6 Å². The molecule has 2 aromatic carbocycles. The van der Waals surface area contributed by atoms with Gasteiger partial charge in [-0.15, -0.1) is 0 Å². The number of aliphatic hydroxyl groups is 1. The van der Waals surface area contributed by atoms with Crippen LogP contribution in [-0.4, -0.2) is 49.5 Å². The average Bonchev–Trinajstić information content (AvgIpc) is 3.51. The van der Waals surface area contributed by atoms with Gasteiger partial charge < -0.3 is 19.3 Å². The van der Waals surface area contributed by atoms with Crippen molar-refractivity contribution in [3.63, 3.8) is 0 Å². The summed E-state index contributed by atoms with van der Waals surface area (Å²) < 4.78 is 16.5. The summed E-state index contributed by atoms with van der Waals surface area (Å²) in [5, 5.41) is 10.5. The maximum atomic E-state index is 10.5. The Balaban J connectivity index is 1.60. The van der Waals surface area contributed by atoms with E-state index in [9.17, 15) is 5.11 Å². The number of ether oxygens (including phenoxy) is 3. The van der Waals surface area contributed by atoms with Gasteiger partial charge in [-0.25, -0.2) is 0 Å². The first-order valence-electron chi connectivity index (χ1n) is 9.41. The van der Waals surface area contributed by atoms with Gasteiger partial charge in [0.25, 0.3) is 0 Å². The summed E-state index contributed by atoms with van der Waals surface area (Å²) in [7, 11) is 3.31. The maximum Gasteiger partial charge on any atom is 0.122 e. The predicted molar refractivity (Wildman–Crippen MR) is 106 cm³/mol. The van der Waals surface area contributed by atoms with Gasteiger partial charge in [0, 0.05) is 25.2 Å². The van der Waals surface area contributed by atoms with Crippen LogP contribution in [0.5, 0.6) is 17.2 Å². The van der Waals surface area contributed by atoms with E-state index in [2.05, 4.69) is 4.90 Å². The molecule has 0 aliphatic heterocycles. The topological polar surface area (TPSA) is 51.2 Å². The van der Waals surface area contributed by atoms with Gasteiger partial charge >= 0.3 is 0 Å². The van der Waals surface area contributed by atoms with Crippen molar-refractivity contribution in [2.24, 2.45) is 0 Å². The first-order chi connectivity index (χ1) is 13.1. The summed E-state index contributed by atoms with van der Waals surface area (Å²) in [6, 6.07) is 14.3. The summed E-state index contributed by atoms with van der Waals surface area (Å²) in [5.41, 5.74) is 2.19. The lowest BCUT2D eigenvalue weighted by molar-refractivity contribution is 0.0624. The van der Waals surface area contributed by atoms with Crippen LogP contribution in [0.1, 0.15) is 24.0 Å². The molecule has 0 aromatic heterocycles. The molecule has 5 heteroatoms. The monoisotopic (exact) mass is 371 g/mol. The molecule has 1 N–H and O–H groups in total. The van der Waals surface area contributed by atoms with E-state index in [1.165, 1.54) is 12.8 Å². The van der Waals surface area contributed by atoms with Gasteiger partial charge in [-0.2, -0.15) is 0 Å². The summed E-state index contributed by atoms with van der Waals surface area (Å²) in [5.74, 6) is 2.39. The number of aliphatic hydroxyl groups excluding tert-OH is 1. The van der Waals surface area contributed by atoms with Gasteiger partial charge in [0.1, 0.15) is 30.0 Å². The molecule has 0 amide bonds. The summed E-state index contributed by atoms with van der Waals surface area (Å²) >= 11 is 0. The van der Waals surface area contributed by atoms with E-state index in [-0.39, 0.29) is 6.61 Å². The minimum Gasteiger partial charge on any atom is -0.497 e. The van der Waals surface area contributed by atoms with E-state index < -0.39 is 6.10 Å². The molecule has 146 valence electrons. The molecule has 1 fully saturated rings. The standard InChI is InChI=1S/C22H29NO4/c1-16-6-4-5-7-22(16)27-15-19(24)14-23(18-8-9-18)13-17-10-20(25-2)12-21(11-17)26-3/h4-7,10-12,18-19,24H,8-9,13-15H2,1-3H3/t19-/m1/s1. The van der Waals surface area contributed by atoms with Crippen molar-refractivity contribution in [1.29, 1.82) is 0 Å². The Bertz CT molecular complexity index is 723. The van der Waals surface area contributed by atoms with Gasteiger partial charge in [0.15, 0.2) is 0 Å². The second-order valence-corrected chi connectivity index (χ2v) is 7.11. The van der Waals surface area contributed by atoms with Crippen LogP contribution in [0.15, 0.2) is 42.5 Å². The third-order valence-corrected chi connectivity index (χ3v) is 4.83. The van der Waals surface area contributed by atoms with Crippen LogP contribution < -0.4 is 14.2 Å². The second-order valence-electron chi connectivity index (χ2n) is 7.11. The number of para-hydroxylation sites is 1. The van der Waals surface area contributed by atoms with Crippen LogP contribution in [0.4, 0.5) is 0 Å². The second kappa shape index (κ2) is 9.11. The molecule has 3 rings (SSSR count). The minimum atomic E-state index is -0.544. The molecule has 0 heterocycles. The Morgan fingerprint density at radius 1 is 1.07 bits per heavy atom. The highest BCUT2D eigenvalue weighted by Crippen LogP contribution is 2.30. The zero-order valence-electron chi connectivity index (χ0n) is 16.4. The lowest BCUT2D eigenvalue weighted by atomic mass is 10.1. The van der Waals surface area contributed by atoms with Gasteiger partial charge in [-0.1, -0.05) is 18.2 Å². The summed E-state index contributed by atoms with van der Waals surface area (Å²) in [6.45, 7) is 3.62. The largest absolute Gasteiger partial charge is 0.497 e. The fourth-order valence-corrected chi connectivity index (χ4v) is 3.20. The number of nitrogens with zero attached hydrogens (tertiary/aromatic N) is 1. The Kier molecular flexibility index (Phi) is 6.58. The molecular formula is C22H29NO4. The highest BCUT2D eigenvalue weighted by atomic mass is 16.5. The van der Waals surface area contributed by atoms with Gasteiger partial charge in [0.05, 0.1) is 14.2 Å². The van der Waals surface area contributed by atoms with Crippen molar-refractivity contribution < 1.29 is 19.3 Å². The van der Waals surface area contributed by atoms with Gasteiger partial charge in [0.2, 0.25) is 0 Å². The number of hydrogen-bond acceptors (Lipinski definition) is 5. The molecule has 27 heavy (non-hydrogen) atoms. The highest BCUT2D eigenvalue weighted by molar-refractivity contribution is 5.38. The predicted octanol–water partition coefficient (Wildman–Crippen LogP) is 3.42. The number of methoxy groups -OCH3 is 2. The molecule has 1 aliphatic rings. The van der Waals surface area contributed by atoms with Crippen molar-refractivity contribution in [2.45, 2.75) is 38.5 Å². The molecular weight excluding hydrogens is 342 g/mol. The first kappa shape index (κ1) is 19.5. The molecule has 1 atom stereocenters. The van der Waals surface area contributed by atoms with Crippen molar-refractivity contribution in [1.82, 2.24) is 4.90 Å². The molecule has 1 saturated carbocycles.